The second kappa shape index (κ2) is 6.61. The first-order valence-corrected chi connectivity index (χ1v) is 8.77. The molecular formula is C21H23N3O3. The molecule has 27 heavy (non-hydrogen) atoms. The topological polar surface area (TPSA) is 74.1 Å². The standard InChI is InChI=1S/C21H23N3O3/c1-10-8-9-16(17-12(3)11(2)13(4)22-19(10)17)20(26)18-14(5)23-24(7)21(18)27-15(6)25/h8-9H,1-7H3. The number of carbonyl (C=O) groups excluding carboxylic acids is 2. The van der Waals surface area contributed by atoms with Gasteiger partial charge in [-0.15, -0.1) is 0 Å². The molecule has 0 N–H and O–H groups in total. The molecule has 140 valence electrons. The second-order valence-electron chi connectivity index (χ2n) is 6.91. The predicted octanol–water partition coefficient (Wildman–Crippen LogP) is 3.67. The Morgan fingerprint density at radius 2 is 1.67 bits per heavy atom. The highest BCUT2D eigenvalue weighted by Crippen LogP contribution is 2.32. The normalized spacial score (nSPS) is 11.1. The third kappa shape index (κ3) is 3.01. The Hall–Kier alpha value is -3.02. The maximum atomic E-state index is 13.5. The SMILES string of the molecule is CC(=O)Oc1c(C(=O)c2ccc(C)c3nc(C)c(C)c(C)c23)c(C)nn1C. The molecule has 3 aromatic rings. The number of nitrogens with zero attached hydrogens (tertiary/aromatic N) is 3. The Labute approximate surface area is 158 Å². The molecule has 0 radical (unpaired) electrons. The van der Waals surface area contributed by atoms with Crippen LogP contribution in [0.3, 0.4) is 0 Å². The minimum absolute atomic E-state index is 0.160. The van der Waals surface area contributed by atoms with Crippen LogP contribution in [-0.2, 0) is 11.8 Å². The van der Waals surface area contributed by atoms with Gasteiger partial charge < -0.3 is 4.74 Å². The molecule has 2 heterocycles. The van der Waals surface area contributed by atoms with E-state index in [1.54, 1.807) is 14.0 Å². The number of esters is 1. The zero-order chi connectivity index (χ0) is 20.0. The highest BCUT2D eigenvalue weighted by molar-refractivity contribution is 6.18. The molecule has 0 unspecified atom stereocenters. The van der Waals surface area contributed by atoms with Crippen LogP contribution < -0.4 is 4.74 Å². The summed E-state index contributed by atoms with van der Waals surface area (Å²) in [5.74, 6) is -0.562. The first-order valence-electron chi connectivity index (χ1n) is 8.77. The number of benzene rings is 1. The summed E-state index contributed by atoms with van der Waals surface area (Å²) in [6.45, 7) is 11.0. The van der Waals surface area contributed by atoms with Gasteiger partial charge in [-0.1, -0.05) is 6.07 Å². The van der Waals surface area contributed by atoms with Crippen LogP contribution in [0.5, 0.6) is 5.88 Å². The van der Waals surface area contributed by atoms with Crippen LogP contribution in [-0.4, -0.2) is 26.5 Å². The van der Waals surface area contributed by atoms with Gasteiger partial charge in [0, 0.05) is 30.6 Å². The Kier molecular flexibility index (Phi) is 4.59. The van der Waals surface area contributed by atoms with E-state index in [1.807, 2.05) is 39.8 Å². The molecule has 0 amide bonds. The van der Waals surface area contributed by atoms with Gasteiger partial charge in [0.05, 0.1) is 11.2 Å². The summed E-state index contributed by atoms with van der Waals surface area (Å²) in [6, 6.07) is 3.71. The first-order chi connectivity index (χ1) is 12.6. The average molecular weight is 365 g/mol. The number of rotatable bonds is 3. The molecule has 0 atom stereocenters. The molecule has 6 nitrogen and oxygen atoms in total. The zero-order valence-electron chi connectivity index (χ0n) is 16.7. The first kappa shape index (κ1) is 18.8. The van der Waals surface area contributed by atoms with E-state index in [0.717, 1.165) is 33.3 Å². The predicted molar refractivity (Wildman–Crippen MR) is 103 cm³/mol. The molecule has 0 saturated carbocycles. The molecule has 0 bridgehead atoms. The van der Waals surface area contributed by atoms with Crippen molar-refractivity contribution < 1.29 is 14.3 Å². The molecule has 0 aliphatic rings. The molecule has 6 heteroatoms. The number of ether oxygens (including phenoxy) is 1. The fourth-order valence-corrected chi connectivity index (χ4v) is 3.40. The number of aromatic nitrogens is 3. The number of pyridine rings is 1. The second-order valence-corrected chi connectivity index (χ2v) is 6.91. The highest BCUT2D eigenvalue weighted by atomic mass is 16.5. The van der Waals surface area contributed by atoms with Crippen LogP contribution in [0.2, 0.25) is 0 Å². The van der Waals surface area contributed by atoms with Gasteiger partial charge in [-0.25, -0.2) is 4.68 Å². The highest BCUT2D eigenvalue weighted by Gasteiger charge is 2.26. The molecule has 0 saturated heterocycles. The van der Waals surface area contributed by atoms with Crippen LogP contribution in [0.1, 0.15) is 50.9 Å². The van der Waals surface area contributed by atoms with E-state index in [1.165, 1.54) is 11.6 Å². The largest absolute Gasteiger partial charge is 0.407 e. The van der Waals surface area contributed by atoms with Crippen LogP contribution in [0.25, 0.3) is 10.9 Å². The third-order valence-corrected chi connectivity index (χ3v) is 5.02. The monoisotopic (exact) mass is 365 g/mol. The van der Waals surface area contributed by atoms with Crippen LogP contribution in [0.15, 0.2) is 12.1 Å². The molecule has 1 aromatic carbocycles. The summed E-state index contributed by atoms with van der Waals surface area (Å²) >= 11 is 0. The van der Waals surface area contributed by atoms with Gasteiger partial charge in [0.1, 0.15) is 5.56 Å². The third-order valence-electron chi connectivity index (χ3n) is 5.02. The van der Waals surface area contributed by atoms with E-state index >= 15 is 0 Å². The Bertz CT molecular complexity index is 1110. The van der Waals surface area contributed by atoms with Gasteiger partial charge in [0.15, 0.2) is 0 Å². The van der Waals surface area contributed by atoms with Crippen molar-refractivity contribution in [2.45, 2.75) is 41.5 Å². The molecule has 2 aromatic heterocycles. The fraction of sp³-hybridized carbons (Fsp3) is 0.333. The Morgan fingerprint density at radius 3 is 2.30 bits per heavy atom. The van der Waals surface area contributed by atoms with Gasteiger partial charge >= 0.3 is 5.97 Å². The van der Waals surface area contributed by atoms with Crippen molar-refractivity contribution >= 4 is 22.7 Å². The fourth-order valence-electron chi connectivity index (χ4n) is 3.40. The van der Waals surface area contributed by atoms with Crippen molar-refractivity contribution in [3.8, 4) is 5.88 Å². The molecule has 0 aliphatic heterocycles. The molecule has 0 aliphatic carbocycles. The number of hydrogen-bond acceptors (Lipinski definition) is 5. The smallest absolute Gasteiger partial charge is 0.309 e. The lowest BCUT2D eigenvalue weighted by atomic mass is 9.92. The summed E-state index contributed by atoms with van der Waals surface area (Å²) in [5, 5.41) is 5.10. The Balaban J connectivity index is 2.32. The van der Waals surface area contributed by atoms with Crippen molar-refractivity contribution in [2.24, 2.45) is 7.05 Å². The molecular weight excluding hydrogens is 342 g/mol. The van der Waals surface area contributed by atoms with E-state index < -0.39 is 5.97 Å². The van der Waals surface area contributed by atoms with Gasteiger partial charge in [0.25, 0.3) is 0 Å². The van der Waals surface area contributed by atoms with Gasteiger partial charge in [-0.2, -0.15) is 5.10 Å². The van der Waals surface area contributed by atoms with E-state index in [2.05, 4.69) is 5.10 Å². The van der Waals surface area contributed by atoms with Gasteiger partial charge in [-0.3, -0.25) is 14.6 Å². The van der Waals surface area contributed by atoms with Crippen molar-refractivity contribution in [1.82, 2.24) is 14.8 Å². The maximum absolute atomic E-state index is 13.5. The van der Waals surface area contributed by atoms with Crippen LogP contribution in [0.4, 0.5) is 0 Å². The van der Waals surface area contributed by atoms with Crippen molar-refractivity contribution in [1.29, 1.82) is 0 Å². The van der Waals surface area contributed by atoms with Crippen molar-refractivity contribution in [2.75, 3.05) is 0 Å². The van der Waals surface area contributed by atoms with Gasteiger partial charge in [-0.05, 0) is 57.4 Å². The number of aryl methyl sites for hydroxylation is 5. The minimum Gasteiger partial charge on any atom is -0.407 e. The minimum atomic E-state index is -0.495. The number of ketones is 1. The number of fused-ring (bicyclic) bond motifs is 1. The summed E-state index contributed by atoms with van der Waals surface area (Å²) in [4.78, 5) is 29.7. The number of carbonyl (C=O) groups is 2. The maximum Gasteiger partial charge on any atom is 0.309 e. The quantitative estimate of drug-likeness (QED) is 0.523. The van der Waals surface area contributed by atoms with E-state index in [-0.39, 0.29) is 11.7 Å². The van der Waals surface area contributed by atoms with E-state index in [4.69, 9.17) is 9.72 Å². The summed E-state index contributed by atoms with van der Waals surface area (Å²) in [5.41, 5.74) is 6.22. The average Bonchev–Trinajstić information content (AvgIpc) is 2.86. The number of hydrogen-bond donors (Lipinski definition) is 0. The summed E-state index contributed by atoms with van der Waals surface area (Å²) < 4.78 is 6.69. The van der Waals surface area contributed by atoms with E-state index in [0.29, 0.717) is 16.8 Å². The molecule has 0 fully saturated rings. The lowest BCUT2D eigenvalue weighted by Gasteiger charge is -2.14. The van der Waals surface area contributed by atoms with Crippen LogP contribution in [0, 0.1) is 34.6 Å². The summed E-state index contributed by atoms with van der Waals surface area (Å²) in [6.07, 6.45) is 0. The van der Waals surface area contributed by atoms with Crippen LogP contribution >= 0.6 is 0 Å². The van der Waals surface area contributed by atoms with Crippen molar-refractivity contribution in [3.05, 3.63) is 51.3 Å². The Morgan fingerprint density at radius 1 is 1.00 bits per heavy atom. The summed E-state index contributed by atoms with van der Waals surface area (Å²) in [7, 11) is 1.65. The van der Waals surface area contributed by atoms with E-state index in [9.17, 15) is 9.59 Å². The van der Waals surface area contributed by atoms with Crippen molar-refractivity contribution in [3.63, 3.8) is 0 Å². The molecule has 0 spiro atoms. The molecule has 3 rings (SSSR count). The van der Waals surface area contributed by atoms with Gasteiger partial charge in [0.2, 0.25) is 11.7 Å². The lowest BCUT2D eigenvalue weighted by molar-refractivity contribution is -0.132. The lowest BCUT2D eigenvalue weighted by Crippen LogP contribution is -2.11. The zero-order valence-corrected chi connectivity index (χ0v) is 16.7.